The zero-order valence-electron chi connectivity index (χ0n) is 15.9. The second-order valence-corrected chi connectivity index (χ2v) is 8.96. The first-order chi connectivity index (χ1) is 14.0. The van der Waals surface area contributed by atoms with Crippen LogP contribution in [0.2, 0.25) is 0 Å². The molecule has 0 aromatic heterocycles. The Kier molecular flexibility index (Phi) is 4.03. The Balaban J connectivity index is 1.65. The first-order valence-electron chi connectivity index (χ1n) is 9.46. The molecule has 3 nitrogen and oxygen atoms in total. The van der Waals surface area contributed by atoms with E-state index in [-0.39, 0.29) is 4.90 Å². The summed E-state index contributed by atoms with van der Waals surface area (Å²) in [4.78, 5) is 0.255. The van der Waals surface area contributed by atoms with E-state index in [1.807, 2.05) is 37.3 Å². The maximum atomic E-state index is 12.8. The fourth-order valence-electron chi connectivity index (χ4n) is 3.94. The van der Waals surface area contributed by atoms with Gasteiger partial charge >= 0.3 is 0 Å². The number of fused-ring (bicyclic) bond motifs is 5. The Morgan fingerprint density at radius 2 is 1.41 bits per heavy atom. The van der Waals surface area contributed by atoms with Gasteiger partial charge in [-0.05, 0) is 52.1 Å². The molecule has 0 bridgehead atoms. The SMILES string of the molecule is Cc1ccc(S(=O)(=O)NC=C2c3ccccc3-c3c2ccc2ccccc32)cc1. The summed E-state index contributed by atoms with van der Waals surface area (Å²) in [7, 11) is -3.64. The predicted molar refractivity (Wildman–Crippen MR) is 118 cm³/mol. The van der Waals surface area contributed by atoms with Crippen molar-refractivity contribution in [2.75, 3.05) is 0 Å². The average Bonchev–Trinajstić information content (AvgIpc) is 3.07. The summed E-state index contributed by atoms with van der Waals surface area (Å²) in [6.45, 7) is 1.93. The van der Waals surface area contributed by atoms with Crippen molar-refractivity contribution in [2.24, 2.45) is 0 Å². The molecule has 0 aliphatic heterocycles. The molecule has 0 spiro atoms. The number of aryl methyl sites for hydroxylation is 1. The summed E-state index contributed by atoms with van der Waals surface area (Å²) in [5, 5.41) is 2.34. The highest BCUT2D eigenvalue weighted by Crippen LogP contribution is 2.47. The molecule has 1 N–H and O–H groups in total. The van der Waals surface area contributed by atoms with Crippen molar-refractivity contribution in [3.05, 3.63) is 108 Å². The molecule has 5 rings (SSSR count). The Bertz CT molecular complexity index is 1380. The maximum Gasteiger partial charge on any atom is 0.261 e. The summed E-state index contributed by atoms with van der Waals surface area (Å²) in [5.74, 6) is 0. The third-order valence-electron chi connectivity index (χ3n) is 5.40. The van der Waals surface area contributed by atoms with Gasteiger partial charge in [0.1, 0.15) is 0 Å². The second-order valence-electron chi connectivity index (χ2n) is 7.25. The van der Waals surface area contributed by atoms with Crippen LogP contribution in [0.5, 0.6) is 0 Å². The van der Waals surface area contributed by atoms with Crippen LogP contribution in [-0.2, 0) is 10.0 Å². The van der Waals surface area contributed by atoms with Crippen LogP contribution in [-0.4, -0.2) is 8.42 Å². The molecule has 0 atom stereocenters. The molecule has 0 amide bonds. The highest BCUT2D eigenvalue weighted by Gasteiger charge is 2.25. The van der Waals surface area contributed by atoms with E-state index in [0.29, 0.717) is 0 Å². The van der Waals surface area contributed by atoms with Gasteiger partial charge in [0.15, 0.2) is 0 Å². The molecule has 4 heteroatoms. The second kappa shape index (κ2) is 6.61. The van der Waals surface area contributed by atoms with Crippen LogP contribution >= 0.6 is 0 Å². The quantitative estimate of drug-likeness (QED) is 0.437. The lowest BCUT2D eigenvalue weighted by Gasteiger charge is -2.08. The number of sulfonamides is 1. The minimum absolute atomic E-state index is 0.255. The van der Waals surface area contributed by atoms with Crippen molar-refractivity contribution >= 4 is 26.4 Å². The first kappa shape index (κ1) is 17.7. The molecule has 0 heterocycles. The standard InChI is InChI=1S/C25H19NO2S/c1-17-10-13-19(14-11-17)29(27,28)26-16-24-21-8-4-5-9-22(21)25-20-7-3-2-6-18(20)12-15-23(24)25/h2-16,26H,1H3. The first-order valence-corrected chi connectivity index (χ1v) is 10.9. The molecule has 0 unspecified atom stereocenters. The summed E-state index contributed by atoms with van der Waals surface area (Å²) in [6.07, 6.45) is 1.62. The minimum Gasteiger partial charge on any atom is -0.286 e. The van der Waals surface area contributed by atoms with Gasteiger partial charge in [-0.3, -0.25) is 4.72 Å². The van der Waals surface area contributed by atoms with Gasteiger partial charge in [-0.25, -0.2) is 8.42 Å². The lowest BCUT2D eigenvalue weighted by atomic mass is 9.98. The van der Waals surface area contributed by atoms with Crippen molar-refractivity contribution in [2.45, 2.75) is 11.8 Å². The molecule has 0 saturated heterocycles. The van der Waals surface area contributed by atoms with Gasteiger partial charge in [-0.2, -0.15) is 0 Å². The van der Waals surface area contributed by atoms with Crippen LogP contribution in [0.1, 0.15) is 16.7 Å². The Morgan fingerprint density at radius 3 is 2.21 bits per heavy atom. The summed E-state index contributed by atoms with van der Waals surface area (Å²) in [6, 6.07) is 27.4. The summed E-state index contributed by atoms with van der Waals surface area (Å²) < 4.78 is 28.2. The van der Waals surface area contributed by atoms with Crippen molar-refractivity contribution in [1.29, 1.82) is 0 Å². The van der Waals surface area contributed by atoms with Crippen molar-refractivity contribution in [1.82, 2.24) is 4.72 Å². The van der Waals surface area contributed by atoms with Crippen molar-refractivity contribution in [3.8, 4) is 11.1 Å². The van der Waals surface area contributed by atoms with Gasteiger partial charge in [0.2, 0.25) is 0 Å². The van der Waals surface area contributed by atoms with E-state index in [0.717, 1.165) is 33.4 Å². The normalized spacial score (nSPS) is 14.0. The minimum atomic E-state index is -3.64. The predicted octanol–water partition coefficient (Wildman–Crippen LogP) is 5.50. The number of rotatable bonds is 3. The third kappa shape index (κ3) is 2.93. The van der Waals surface area contributed by atoms with E-state index in [1.165, 1.54) is 10.8 Å². The Labute approximate surface area is 170 Å². The molecular weight excluding hydrogens is 378 g/mol. The third-order valence-corrected chi connectivity index (χ3v) is 6.72. The molecule has 4 aromatic carbocycles. The molecular formula is C25H19NO2S. The van der Waals surface area contributed by atoms with Gasteiger partial charge in [-0.15, -0.1) is 0 Å². The molecule has 1 aliphatic carbocycles. The van der Waals surface area contributed by atoms with Gasteiger partial charge in [0, 0.05) is 11.8 Å². The van der Waals surface area contributed by atoms with Crippen LogP contribution in [0.15, 0.2) is 96.0 Å². The highest BCUT2D eigenvalue weighted by atomic mass is 32.2. The van der Waals surface area contributed by atoms with Crippen molar-refractivity contribution < 1.29 is 8.42 Å². The van der Waals surface area contributed by atoms with Gasteiger partial charge in [0.25, 0.3) is 10.0 Å². The number of benzene rings is 4. The highest BCUT2D eigenvalue weighted by molar-refractivity contribution is 7.89. The fourth-order valence-corrected chi connectivity index (χ4v) is 4.85. The van der Waals surface area contributed by atoms with Crippen LogP contribution in [0.25, 0.3) is 27.5 Å². The molecule has 0 saturated carbocycles. The van der Waals surface area contributed by atoms with Crippen LogP contribution in [0.4, 0.5) is 0 Å². The molecule has 142 valence electrons. The van der Waals surface area contributed by atoms with Crippen LogP contribution < -0.4 is 4.72 Å². The molecule has 0 fully saturated rings. The topological polar surface area (TPSA) is 46.2 Å². The number of nitrogens with one attached hydrogen (secondary N) is 1. The van der Waals surface area contributed by atoms with E-state index in [9.17, 15) is 8.42 Å². The fraction of sp³-hybridized carbons (Fsp3) is 0.0400. The lowest BCUT2D eigenvalue weighted by Crippen LogP contribution is -2.18. The van der Waals surface area contributed by atoms with E-state index >= 15 is 0 Å². The Hall–Kier alpha value is -3.37. The molecule has 4 aromatic rings. The van der Waals surface area contributed by atoms with Gasteiger partial charge in [0.05, 0.1) is 4.90 Å². The number of hydrogen-bond acceptors (Lipinski definition) is 2. The summed E-state index contributed by atoms with van der Waals surface area (Å²) >= 11 is 0. The van der Waals surface area contributed by atoms with Crippen LogP contribution in [0, 0.1) is 6.92 Å². The van der Waals surface area contributed by atoms with E-state index in [2.05, 4.69) is 35.1 Å². The molecule has 1 aliphatic rings. The molecule has 29 heavy (non-hydrogen) atoms. The van der Waals surface area contributed by atoms with Gasteiger partial charge < -0.3 is 0 Å². The monoisotopic (exact) mass is 397 g/mol. The van der Waals surface area contributed by atoms with E-state index < -0.39 is 10.0 Å². The summed E-state index contributed by atoms with van der Waals surface area (Å²) in [5.41, 5.74) is 6.26. The van der Waals surface area contributed by atoms with Crippen LogP contribution in [0.3, 0.4) is 0 Å². The van der Waals surface area contributed by atoms with Crippen molar-refractivity contribution in [3.63, 3.8) is 0 Å². The zero-order valence-corrected chi connectivity index (χ0v) is 16.7. The van der Waals surface area contributed by atoms with Gasteiger partial charge in [-0.1, -0.05) is 78.4 Å². The van der Waals surface area contributed by atoms with E-state index in [4.69, 9.17) is 0 Å². The molecule has 0 radical (unpaired) electrons. The lowest BCUT2D eigenvalue weighted by molar-refractivity contribution is 0.590. The average molecular weight is 397 g/mol. The number of hydrogen-bond donors (Lipinski definition) is 1. The smallest absolute Gasteiger partial charge is 0.261 e. The largest absolute Gasteiger partial charge is 0.286 e. The maximum absolute atomic E-state index is 12.8. The zero-order chi connectivity index (χ0) is 20.0. The van der Waals surface area contributed by atoms with E-state index in [1.54, 1.807) is 30.5 Å². The Morgan fingerprint density at radius 1 is 0.724 bits per heavy atom.